The van der Waals surface area contributed by atoms with Crippen molar-refractivity contribution in [2.75, 3.05) is 0 Å². The molecule has 32 heavy (non-hydrogen) atoms. The van der Waals surface area contributed by atoms with Crippen LogP contribution < -0.4 is 5.32 Å². The predicted octanol–water partition coefficient (Wildman–Crippen LogP) is 5.68. The number of nitrogens with one attached hydrogen (secondary N) is 1. The van der Waals surface area contributed by atoms with Gasteiger partial charge in [-0.2, -0.15) is 10.2 Å². The predicted molar refractivity (Wildman–Crippen MR) is 129 cm³/mol. The second-order valence-corrected chi connectivity index (χ2v) is 8.26. The van der Waals surface area contributed by atoms with Gasteiger partial charge in [0.1, 0.15) is 0 Å². The maximum absolute atomic E-state index is 4.74. The number of aromatic nitrogens is 4. The lowest BCUT2D eigenvalue weighted by Crippen LogP contribution is -2.19. The highest BCUT2D eigenvalue weighted by atomic mass is 15.3. The van der Waals surface area contributed by atoms with Crippen LogP contribution in [0, 0.1) is 13.8 Å². The normalized spacial score (nSPS) is 12.3. The molecule has 0 saturated heterocycles. The molecule has 3 aromatic carbocycles. The highest BCUT2D eigenvalue weighted by Gasteiger charge is 2.15. The van der Waals surface area contributed by atoms with Crippen LogP contribution in [0.5, 0.6) is 0 Å². The van der Waals surface area contributed by atoms with E-state index in [1.807, 2.05) is 23.1 Å². The van der Waals surface area contributed by atoms with E-state index in [2.05, 4.69) is 96.5 Å². The standard InChI is InChI=1S/C27H27N5/c1-19-16-24(31-15-7-14-29-31)13-12-23(19)17-28-20(2)26-18-30-32(21(26)3)27-11-6-9-22-8-4-5-10-25(22)27/h4-16,18,20,28H,17H2,1-3H3/t20-/m0/s1. The zero-order valence-corrected chi connectivity index (χ0v) is 18.7. The number of hydrogen-bond acceptors (Lipinski definition) is 3. The molecular formula is C27H27N5. The van der Waals surface area contributed by atoms with Crippen LogP contribution >= 0.6 is 0 Å². The molecule has 5 nitrogen and oxygen atoms in total. The van der Waals surface area contributed by atoms with E-state index in [1.54, 1.807) is 6.20 Å². The fraction of sp³-hybridized carbons (Fsp3) is 0.185. The number of benzene rings is 3. The van der Waals surface area contributed by atoms with E-state index >= 15 is 0 Å². The first-order valence-electron chi connectivity index (χ1n) is 11.0. The molecule has 5 aromatic rings. The maximum atomic E-state index is 4.74. The lowest BCUT2D eigenvalue weighted by atomic mass is 10.1. The van der Waals surface area contributed by atoms with Crippen molar-refractivity contribution < 1.29 is 0 Å². The fourth-order valence-corrected chi connectivity index (χ4v) is 4.30. The third kappa shape index (κ3) is 3.72. The van der Waals surface area contributed by atoms with E-state index in [9.17, 15) is 0 Å². The molecule has 1 N–H and O–H groups in total. The second-order valence-electron chi connectivity index (χ2n) is 8.26. The van der Waals surface area contributed by atoms with Gasteiger partial charge in [0, 0.05) is 41.6 Å². The lowest BCUT2D eigenvalue weighted by molar-refractivity contribution is 0.570. The van der Waals surface area contributed by atoms with Gasteiger partial charge in [0.2, 0.25) is 0 Å². The third-order valence-corrected chi connectivity index (χ3v) is 6.20. The van der Waals surface area contributed by atoms with Crippen molar-refractivity contribution in [3.05, 3.63) is 108 Å². The molecular weight excluding hydrogens is 394 g/mol. The van der Waals surface area contributed by atoms with Crippen LogP contribution in [0.25, 0.3) is 22.1 Å². The molecule has 2 aromatic heterocycles. The summed E-state index contributed by atoms with van der Waals surface area (Å²) in [6, 6.07) is 23.4. The lowest BCUT2D eigenvalue weighted by Gasteiger charge is -2.16. The summed E-state index contributed by atoms with van der Waals surface area (Å²) >= 11 is 0. The molecule has 0 fully saturated rings. The van der Waals surface area contributed by atoms with Crippen molar-refractivity contribution in [2.24, 2.45) is 0 Å². The summed E-state index contributed by atoms with van der Waals surface area (Å²) in [5.74, 6) is 0. The van der Waals surface area contributed by atoms with E-state index in [4.69, 9.17) is 5.10 Å². The van der Waals surface area contributed by atoms with Crippen molar-refractivity contribution in [2.45, 2.75) is 33.4 Å². The summed E-state index contributed by atoms with van der Waals surface area (Å²) in [6.45, 7) is 7.29. The summed E-state index contributed by atoms with van der Waals surface area (Å²) in [4.78, 5) is 0. The van der Waals surface area contributed by atoms with E-state index in [0.29, 0.717) is 0 Å². The van der Waals surface area contributed by atoms with Crippen LogP contribution in [-0.2, 0) is 6.54 Å². The Labute approximate surface area is 188 Å². The third-order valence-electron chi connectivity index (χ3n) is 6.20. The number of hydrogen-bond donors (Lipinski definition) is 1. The largest absolute Gasteiger partial charge is 0.306 e. The Kier molecular flexibility index (Phi) is 5.33. The SMILES string of the molecule is Cc1cc(-n2cccn2)ccc1CN[C@@H](C)c1cnn(-c2cccc3ccccc23)c1C. The smallest absolute Gasteiger partial charge is 0.0727 e. The number of aryl methyl sites for hydroxylation is 1. The van der Waals surface area contributed by atoms with Gasteiger partial charge in [0.05, 0.1) is 17.6 Å². The average molecular weight is 422 g/mol. The summed E-state index contributed by atoms with van der Waals surface area (Å²) in [5, 5.41) is 15.2. The molecule has 0 amide bonds. The molecule has 160 valence electrons. The maximum Gasteiger partial charge on any atom is 0.0727 e. The van der Waals surface area contributed by atoms with Crippen molar-refractivity contribution >= 4 is 10.8 Å². The van der Waals surface area contributed by atoms with Gasteiger partial charge in [-0.1, -0.05) is 42.5 Å². The van der Waals surface area contributed by atoms with Crippen LogP contribution in [0.2, 0.25) is 0 Å². The topological polar surface area (TPSA) is 47.7 Å². The Morgan fingerprint density at radius 1 is 0.938 bits per heavy atom. The fourth-order valence-electron chi connectivity index (χ4n) is 4.30. The second kappa shape index (κ2) is 8.44. The zero-order valence-electron chi connectivity index (χ0n) is 18.7. The Hall–Kier alpha value is -3.70. The molecule has 2 heterocycles. The van der Waals surface area contributed by atoms with Gasteiger partial charge in [-0.3, -0.25) is 0 Å². The molecule has 0 aliphatic carbocycles. The molecule has 1 atom stereocenters. The summed E-state index contributed by atoms with van der Waals surface area (Å²) < 4.78 is 3.94. The van der Waals surface area contributed by atoms with Crippen LogP contribution in [0.4, 0.5) is 0 Å². The van der Waals surface area contributed by atoms with Gasteiger partial charge < -0.3 is 5.32 Å². The number of rotatable bonds is 6. The van der Waals surface area contributed by atoms with Gasteiger partial charge in [-0.15, -0.1) is 0 Å². The van der Waals surface area contributed by atoms with Crippen LogP contribution in [-0.4, -0.2) is 19.6 Å². The summed E-state index contributed by atoms with van der Waals surface area (Å²) in [7, 11) is 0. The molecule has 0 radical (unpaired) electrons. The number of fused-ring (bicyclic) bond motifs is 1. The van der Waals surface area contributed by atoms with Gasteiger partial charge in [0.25, 0.3) is 0 Å². The highest BCUT2D eigenvalue weighted by Crippen LogP contribution is 2.26. The van der Waals surface area contributed by atoms with Crippen LogP contribution in [0.1, 0.15) is 35.3 Å². The molecule has 0 saturated carbocycles. The molecule has 0 spiro atoms. The minimum absolute atomic E-state index is 0.184. The summed E-state index contributed by atoms with van der Waals surface area (Å²) in [5.41, 5.74) is 7.10. The first-order valence-corrected chi connectivity index (χ1v) is 11.0. The molecule has 0 unspecified atom stereocenters. The van der Waals surface area contributed by atoms with Crippen LogP contribution in [0.3, 0.4) is 0 Å². The highest BCUT2D eigenvalue weighted by molar-refractivity contribution is 5.90. The van der Waals surface area contributed by atoms with Gasteiger partial charge in [-0.25, -0.2) is 9.36 Å². The minimum Gasteiger partial charge on any atom is -0.306 e. The molecule has 5 rings (SSSR count). The monoisotopic (exact) mass is 421 g/mol. The van der Waals surface area contributed by atoms with Crippen molar-refractivity contribution in [1.29, 1.82) is 0 Å². The molecule has 5 heteroatoms. The first-order chi connectivity index (χ1) is 15.6. The Bertz CT molecular complexity index is 1360. The van der Waals surface area contributed by atoms with E-state index in [1.165, 1.54) is 27.5 Å². The molecule has 0 bridgehead atoms. The van der Waals surface area contributed by atoms with E-state index < -0.39 is 0 Å². The minimum atomic E-state index is 0.184. The quantitative estimate of drug-likeness (QED) is 0.384. The Balaban J connectivity index is 1.35. The number of nitrogens with zero attached hydrogens (tertiary/aromatic N) is 4. The van der Waals surface area contributed by atoms with Crippen LogP contribution in [0.15, 0.2) is 85.3 Å². The first kappa shape index (κ1) is 20.2. The van der Waals surface area contributed by atoms with Crippen molar-refractivity contribution in [3.8, 4) is 11.4 Å². The molecule has 0 aliphatic rings. The van der Waals surface area contributed by atoms with E-state index in [0.717, 1.165) is 23.6 Å². The zero-order chi connectivity index (χ0) is 22.1. The molecule has 0 aliphatic heterocycles. The average Bonchev–Trinajstić information content (AvgIpc) is 3.48. The van der Waals surface area contributed by atoms with Gasteiger partial charge in [0.15, 0.2) is 0 Å². The Morgan fingerprint density at radius 3 is 2.59 bits per heavy atom. The van der Waals surface area contributed by atoms with Crippen molar-refractivity contribution in [3.63, 3.8) is 0 Å². The van der Waals surface area contributed by atoms with Gasteiger partial charge in [-0.05, 0) is 61.5 Å². The Morgan fingerprint density at radius 2 is 1.78 bits per heavy atom. The summed E-state index contributed by atoms with van der Waals surface area (Å²) in [6.07, 6.45) is 5.75. The van der Waals surface area contributed by atoms with Gasteiger partial charge >= 0.3 is 0 Å². The van der Waals surface area contributed by atoms with Crippen molar-refractivity contribution in [1.82, 2.24) is 24.9 Å². The van der Waals surface area contributed by atoms with E-state index in [-0.39, 0.29) is 6.04 Å².